The number of imidazole rings is 1. The molecule has 31 heavy (non-hydrogen) atoms. The number of aliphatic hydroxyl groups is 1. The van der Waals surface area contributed by atoms with Crippen molar-refractivity contribution in [3.8, 4) is 11.3 Å². The number of fused-ring (bicyclic) bond motifs is 1. The third kappa shape index (κ3) is 3.94. The van der Waals surface area contributed by atoms with Gasteiger partial charge in [-0.05, 0) is 49.9 Å². The lowest BCUT2D eigenvalue weighted by molar-refractivity contribution is 0.102. The van der Waals surface area contributed by atoms with Crippen LogP contribution < -0.4 is 5.32 Å². The molecule has 6 nitrogen and oxygen atoms in total. The number of aliphatic hydroxyl groups excluding tert-OH is 1. The van der Waals surface area contributed by atoms with E-state index in [1.807, 2.05) is 54.6 Å². The fourth-order valence-corrected chi connectivity index (χ4v) is 4.33. The van der Waals surface area contributed by atoms with E-state index in [-0.39, 0.29) is 18.1 Å². The van der Waals surface area contributed by atoms with Gasteiger partial charge in [0.25, 0.3) is 5.91 Å². The van der Waals surface area contributed by atoms with Crippen molar-refractivity contribution in [3.05, 3.63) is 78.5 Å². The second-order valence-corrected chi connectivity index (χ2v) is 8.01. The maximum atomic E-state index is 13.1. The number of nitrogens with zero attached hydrogens (tertiary/aromatic N) is 3. The molecule has 2 N–H and O–H groups in total. The van der Waals surface area contributed by atoms with Gasteiger partial charge in [-0.1, -0.05) is 42.5 Å². The van der Waals surface area contributed by atoms with Crippen molar-refractivity contribution in [2.24, 2.45) is 0 Å². The molecular weight excluding hydrogens is 388 g/mol. The van der Waals surface area contributed by atoms with Gasteiger partial charge in [0.15, 0.2) is 0 Å². The smallest absolute Gasteiger partial charge is 0.258 e. The standard InChI is InChI=1S/C25H24N4O2/c30-20-12-10-19(11-13-20)29-23-9-5-4-8-21(23)27-25(29)28-24(31)18-14-15-26-22(16-18)17-6-2-1-3-7-17/h1-9,14-16,19-20,30H,10-13H2,(H,27,28,31). The molecule has 2 aromatic heterocycles. The summed E-state index contributed by atoms with van der Waals surface area (Å²) >= 11 is 0. The third-order valence-corrected chi connectivity index (χ3v) is 5.94. The van der Waals surface area contributed by atoms with E-state index in [1.165, 1.54) is 0 Å². The Morgan fingerprint density at radius 2 is 1.71 bits per heavy atom. The van der Waals surface area contributed by atoms with Gasteiger partial charge in [-0.15, -0.1) is 0 Å². The Morgan fingerprint density at radius 3 is 2.52 bits per heavy atom. The fraction of sp³-hybridized carbons (Fsp3) is 0.240. The molecule has 2 heterocycles. The fourth-order valence-electron chi connectivity index (χ4n) is 4.33. The Hall–Kier alpha value is -3.51. The first kappa shape index (κ1) is 19.5. The van der Waals surface area contributed by atoms with Gasteiger partial charge in [0.1, 0.15) is 0 Å². The Kier molecular flexibility index (Phi) is 5.22. The zero-order valence-corrected chi connectivity index (χ0v) is 17.1. The van der Waals surface area contributed by atoms with E-state index in [2.05, 4.69) is 14.9 Å². The first-order valence-electron chi connectivity index (χ1n) is 10.7. The van der Waals surface area contributed by atoms with E-state index in [0.717, 1.165) is 48.0 Å². The van der Waals surface area contributed by atoms with Crippen molar-refractivity contribution in [1.82, 2.24) is 14.5 Å². The number of rotatable bonds is 4. The Bertz CT molecular complexity index is 1210. The number of hydrogen-bond donors (Lipinski definition) is 2. The predicted molar refractivity (Wildman–Crippen MR) is 121 cm³/mol. The minimum atomic E-state index is -0.239. The summed E-state index contributed by atoms with van der Waals surface area (Å²) in [4.78, 5) is 22.2. The molecule has 1 fully saturated rings. The molecule has 156 valence electrons. The van der Waals surface area contributed by atoms with Gasteiger partial charge in [-0.25, -0.2) is 4.98 Å². The van der Waals surface area contributed by atoms with Gasteiger partial charge >= 0.3 is 0 Å². The van der Waals surface area contributed by atoms with E-state index >= 15 is 0 Å². The lowest BCUT2D eigenvalue weighted by Crippen LogP contribution is -2.23. The lowest BCUT2D eigenvalue weighted by atomic mass is 9.93. The molecule has 1 aliphatic rings. The Morgan fingerprint density at radius 1 is 0.968 bits per heavy atom. The van der Waals surface area contributed by atoms with Crippen LogP contribution in [0.5, 0.6) is 0 Å². The van der Waals surface area contributed by atoms with Gasteiger partial charge in [0.2, 0.25) is 5.95 Å². The van der Waals surface area contributed by atoms with Crippen LogP contribution in [0.1, 0.15) is 42.1 Å². The van der Waals surface area contributed by atoms with Crippen molar-refractivity contribution >= 4 is 22.9 Å². The lowest BCUT2D eigenvalue weighted by Gasteiger charge is -2.28. The van der Waals surface area contributed by atoms with Crippen LogP contribution in [0.2, 0.25) is 0 Å². The summed E-state index contributed by atoms with van der Waals surface area (Å²) in [5, 5.41) is 12.9. The molecule has 0 spiro atoms. The number of para-hydroxylation sites is 2. The normalized spacial score (nSPS) is 18.7. The first-order chi connectivity index (χ1) is 15.2. The average Bonchev–Trinajstić information content (AvgIpc) is 3.18. The summed E-state index contributed by atoms with van der Waals surface area (Å²) < 4.78 is 2.12. The second kappa shape index (κ2) is 8.32. The summed E-state index contributed by atoms with van der Waals surface area (Å²) in [6, 6.07) is 21.4. The number of pyridine rings is 1. The molecule has 0 radical (unpaired) electrons. The topological polar surface area (TPSA) is 80.0 Å². The molecular formula is C25H24N4O2. The van der Waals surface area contributed by atoms with Crippen LogP contribution in [0.4, 0.5) is 5.95 Å². The maximum absolute atomic E-state index is 13.1. The van der Waals surface area contributed by atoms with E-state index in [0.29, 0.717) is 11.5 Å². The number of aromatic nitrogens is 3. The molecule has 0 bridgehead atoms. The predicted octanol–water partition coefficient (Wildman–Crippen LogP) is 4.83. The van der Waals surface area contributed by atoms with Gasteiger partial charge < -0.3 is 9.67 Å². The van der Waals surface area contributed by atoms with Crippen molar-refractivity contribution in [2.75, 3.05) is 5.32 Å². The minimum Gasteiger partial charge on any atom is -0.393 e. The number of amides is 1. The van der Waals surface area contributed by atoms with E-state index in [1.54, 1.807) is 18.3 Å². The molecule has 0 unspecified atom stereocenters. The Balaban J connectivity index is 1.47. The van der Waals surface area contributed by atoms with E-state index < -0.39 is 0 Å². The molecule has 2 aromatic carbocycles. The highest BCUT2D eigenvalue weighted by molar-refractivity contribution is 6.04. The summed E-state index contributed by atoms with van der Waals surface area (Å²) in [6.07, 6.45) is 4.65. The van der Waals surface area contributed by atoms with Crippen LogP contribution in [-0.2, 0) is 0 Å². The highest BCUT2D eigenvalue weighted by Gasteiger charge is 2.25. The minimum absolute atomic E-state index is 0.198. The van der Waals surface area contributed by atoms with Crippen LogP contribution in [-0.4, -0.2) is 31.7 Å². The molecule has 1 saturated carbocycles. The molecule has 0 aliphatic heterocycles. The number of nitrogens with one attached hydrogen (secondary N) is 1. The van der Waals surface area contributed by atoms with Crippen LogP contribution in [0.15, 0.2) is 72.9 Å². The first-order valence-corrected chi connectivity index (χ1v) is 10.7. The van der Waals surface area contributed by atoms with Crippen LogP contribution in [0, 0.1) is 0 Å². The van der Waals surface area contributed by atoms with Gasteiger partial charge in [0.05, 0.1) is 22.8 Å². The quantitative estimate of drug-likeness (QED) is 0.503. The number of hydrogen-bond acceptors (Lipinski definition) is 4. The summed E-state index contributed by atoms with van der Waals surface area (Å²) in [5.74, 6) is 0.331. The second-order valence-electron chi connectivity index (χ2n) is 8.01. The molecule has 6 heteroatoms. The van der Waals surface area contributed by atoms with Crippen LogP contribution >= 0.6 is 0 Å². The number of anilines is 1. The van der Waals surface area contributed by atoms with E-state index in [4.69, 9.17) is 4.98 Å². The monoisotopic (exact) mass is 412 g/mol. The van der Waals surface area contributed by atoms with Crippen molar-refractivity contribution in [3.63, 3.8) is 0 Å². The highest BCUT2D eigenvalue weighted by Crippen LogP contribution is 2.34. The number of carbonyl (C=O) groups excluding carboxylic acids is 1. The van der Waals surface area contributed by atoms with Gasteiger partial charge in [-0.3, -0.25) is 15.1 Å². The largest absolute Gasteiger partial charge is 0.393 e. The third-order valence-electron chi connectivity index (χ3n) is 5.94. The zero-order valence-electron chi connectivity index (χ0n) is 17.1. The summed E-state index contributed by atoms with van der Waals surface area (Å²) in [7, 11) is 0. The molecule has 1 amide bonds. The van der Waals surface area contributed by atoms with E-state index in [9.17, 15) is 9.90 Å². The summed E-state index contributed by atoms with van der Waals surface area (Å²) in [6.45, 7) is 0. The molecule has 0 atom stereocenters. The van der Waals surface area contributed by atoms with Crippen LogP contribution in [0.25, 0.3) is 22.3 Å². The van der Waals surface area contributed by atoms with Crippen molar-refractivity contribution < 1.29 is 9.90 Å². The molecule has 5 rings (SSSR count). The summed E-state index contributed by atoms with van der Waals surface area (Å²) in [5.41, 5.74) is 4.10. The highest BCUT2D eigenvalue weighted by atomic mass is 16.3. The van der Waals surface area contributed by atoms with Gasteiger partial charge in [-0.2, -0.15) is 0 Å². The molecule has 1 aliphatic carbocycles. The average molecular weight is 412 g/mol. The molecule has 0 saturated heterocycles. The van der Waals surface area contributed by atoms with Gasteiger partial charge in [0, 0.05) is 23.4 Å². The van der Waals surface area contributed by atoms with Crippen molar-refractivity contribution in [2.45, 2.75) is 37.8 Å². The van der Waals surface area contributed by atoms with Crippen molar-refractivity contribution in [1.29, 1.82) is 0 Å². The maximum Gasteiger partial charge on any atom is 0.258 e. The number of carbonyl (C=O) groups is 1. The SMILES string of the molecule is O=C(Nc1nc2ccccc2n1C1CCC(O)CC1)c1ccnc(-c2ccccc2)c1. The van der Waals surface area contributed by atoms with Crippen LogP contribution in [0.3, 0.4) is 0 Å². The number of benzene rings is 2. The molecule has 4 aromatic rings. The zero-order chi connectivity index (χ0) is 21.2. The Labute approximate surface area is 180 Å².